The lowest BCUT2D eigenvalue weighted by atomic mass is 10.2. The van der Waals surface area contributed by atoms with Gasteiger partial charge in [-0.05, 0) is 13.0 Å². The molecular weight excluding hydrogens is 357 g/mol. The van der Waals surface area contributed by atoms with Gasteiger partial charge in [0.15, 0.2) is 5.82 Å². The summed E-state index contributed by atoms with van der Waals surface area (Å²) in [6.07, 6.45) is 0. The summed E-state index contributed by atoms with van der Waals surface area (Å²) in [6.45, 7) is 0.941. The van der Waals surface area contributed by atoms with Crippen LogP contribution in [0.3, 0.4) is 0 Å². The van der Waals surface area contributed by atoms with Gasteiger partial charge in [0.1, 0.15) is 18.0 Å². The van der Waals surface area contributed by atoms with Gasteiger partial charge in [0, 0.05) is 23.5 Å². The van der Waals surface area contributed by atoms with E-state index in [0.29, 0.717) is 10.00 Å². The van der Waals surface area contributed by atoms with Crippen molar-refractivity contribution in [1.82, 2.24) is 14.7 Å². The maximum absolute atomic E-state index is 14.4. The molecule has 4 N–H and O–H groups in total. The van der Waals surface area contributed by atoms with Crippen LogP contribution in [-0.4, -0.2) is 35.9 Å². The number of aryl methyl sites for hydroxylation is 1. The van der Waals surface area contributed by atoms with Gasteiger partial charge in [-0.15, -0.1) is 0 Å². The molecule has 25 heavy (non-hydrogen) atoms. The Hall–Kier alpha value is -3.15. The van der Waals surface area contributed by atoms with Crippen LogP contribution in [0.25, 0.3) is 0 Å². The number of hydrogen-bond acceptors (Lipinski definition) is 7. The van der Waals surface area contributed by atoms with Gasteiger partial charge in [-0.25, -0.2) is 18.4 Å². The van der Waals surface area contributed by atoms with Gasteiger partial charge in [-0.3, -0.25) is 14.6 Å². The molecule has 0 unspecified atom stereocenters. The minimum absolute atomic E-state index is 0.0159. The number of carbonyl (C=O) groups excluding carboxylic acids is 1. The molecule has 2 aromatic rings. The molecule has 1 aromatic carbocycles. The summed E-state index contributed by atoms with van der Waals surface area (Å²) in [5, 5.41) is 12.6. The lowest BCUT2D eigenvalue weighted by Gasteiger charge is -2.18. The van der Waals surface area contributed by atoms with E-state index in [2.05, 4.69) is 15.3 Å². The smallest absolute Gasteiger partial charge is 0.326 e. The van der Waals surface area contributed by atoms with Crippen LogP contribution >= 0.6 is 0 Å². The SMILES string of the molecule is Cc1cc(=O)[nH]c(Nc2cc(O)c(N3CC(=O)NS3(=O)=O)c(F)c2)n1. The highest BCUT2D eigenvalue weighted by molar-refractivity contribution is 7.92. The molecule has 0 atom stereocenters. The molecule has 132 valence electrons. The van der Waals surface area contributed by atoms with E-state index in [4.69, 9.17) is 0 Å². The molecule has 12 heteroatoms. The number of aromatic hydroxyl groups is 1. The van der Waals surface area contributed by atoms with E-state index >= 15 is 0 Å². The highest BCUT2D eigenvalue weighted by atomic mass is 32.2. The lowest BCUT2D eigenvalue weighted by Crippen LogP contribution is -2.30. The number of rotatable bonds is 3. The molecule has 1 aliphatic heterocycles. The Morgan fingerprint density at radius 2 is 2.04 bits per heavy atom. The Labute approximate surface area is 140 Å². The average Bonchev–Trinajstić information content (AvgIpc) is 2.69. The Balaban J connectivity index is 1.98. The summed E-state index contributed by atoms with van der Waals surface area (Å²) in [7, 11) is -4.26. The fourth-order valence-electron chi connectivity index (χ4n) is 2.32. The molecule has 1 aliphatic rings. The number of nitrogens with one attached hydrogen (secondary N) is 3. The number of benzene rings is 1. The highest BCUT2D eigenvalue weighted by Crippen LogP contribution is 2.36. The molecular formula is C13H12FN5O5S. The van der Waals surface area contributed by atoms with Crippen LogP contribution in [0.2, 0.25) is 0 Å². The number of nitrogens with zero attached hydrogens (tertiary/aromatic N) is 2. The molecule has 0 saturated carbocycles. The number of amides is 1. The number of phenols is 1. The topological polar surface area (TPSA) is 144 Å². The van der Waals surface area contributed by atoms with Crippen LogP contribution in [0.5, 0.6) is 5.75 Å². The number of aromatic nitrogens is 2. The van der Waals surface area contributed by atoms with Gasteiger partial charge in [0.2, 0.25) is 5.95 Å². The third-order valence-electron chi connectivity index (χ3n) is 3.25. The Kier molecular flexibility index (Phi) is 3.83. The molecule has 1 fully saturated rings. The summed E-state index contributed by atoms with van der Waals surface area (Å²) in [5.74, 6) is -2.63. The lowest BCUT2D eigenvalue weighted by molar-refractivity contribution is -0.117. The normalized spacial score (nSPS) is 15.9. The number of anilines is 3. The summed E-state index contributed by atoms with van der Waals surface area (Å²) in [5.41, 5.74) is -0.651. The first kappa shape index (κ1) is 16.7. The van der Waals surface area contributed by atoms with E-state index in [1.165, 1.54) is 6.07 Å². The van der Waals surface area contributed by atoms with Crippen molar-refractivity contribution in [3.8, 4) is 5.75 Å². The fraction of sp³-hybridized carbons (Fsp3) is 0.154. The zero-order valence-corrected chi connectivity index (χ0v) is 13.5. The average molecular weight is 369 g/mol. The number of hydrogen-bond donors (Lipinski definition) is 4. The molecule has 0 aliphatic carbocycles. The van der Waals surface area contributed by atoms with Crippen LogP contribution in [0.1, 0.15) is 5.69 Å². The van der Waals surface area contributed by atoms with Gasteiger partial charge >= 0.3 is 10.2 Å². The Morgan fingerprint density at radius 3 is 2.60 bits per heavy atom. The summed E-state index contributed by atoms with van der Waals surface area (Å²) in [4.78, 5) is 29.0. The van der Waals surface area contributed by atoms with Crippen molar-refractivity contribution in [3.05, 3.63) is 40.1 Å². The predicted molar refractivity (Wildman–Crippen MR) is 85.4 cm³/mol. The maximum Gasteiger partial charge on any atom is 0.326 e. The van der Waals surface area contributed by atoms with Gasteiger partial charge in [-0.2, -0.15) is 8.42 Å². The number of halogens is 1. The first-order valence-corrected chi connectivity index (χ1v) is 8.30. The van der Waals surface area contributed by atoms with Crippen molar-refractivity contribution < 1.29 is 22.7 Å². The Morgan fingerprint density at radius 1 is 1.32 bits per heavy atom. The zero-order chi connectivity index (χ0) is 18.4. The van der Waals surface area contributed by atoms with E-state index in [-0.39, 0.29) is 11.6 Å². The van der Waals surface area contributed by atoms with Crippen molar-refractivity contribution >= 4 is 33.4 Å². The third kappa shape index (κ3) is 3.24. The largest absolute Gasteiger partial charge is 0.506 e. The van der Waals surface area contributed by atoms with Gasteiger partial charge in [0.25, 0.3) is 11.5 Å². The fourth-order valence-corrected chi connectivity index (χ4v) is 3.50. The quantitative estimate of drug-likeness (QED) is 0.589. The second-order valence-electron chi connectivity index (χ2n) is 5.22. The van der Waals surface area contributed by atoms with Crippen molar-refractivity contribution in [3.63, 3.8) is 0 Å². The molecule has 1 aromatic heterocycles. The van der Waals surface area contributed by atoms with Crippen LogP contribution in [0.4, 0.5) is 21.7 Å². The van der Waals surface area contributed by atoms with Crippen molar-refractivity contribution in [2.45, 2.75) is 6.92 Å². The number of carbonyl (C=O) groups is 1. The van der Waals surface area contributed by atoms with Crippen molar-refractivity contribution in [2.75, 3.05) is 16.2 Å². The van der Waals surface area contributed by atoms with Crippen molar-refractivity contribution in [1.29, 1.82) is 0 Å². The molecule has 2 heterocycles. The first-order chi connectivity index (χ1) is 11.7. The van der Waals surface area contributed by atoms with Crippen LogP contribution in [0.15, 0.2) is 23.0 Å². The number of phenolic OH excluding ortho intramolecular Hbond substituents is 1. The van der Waals surface area contributed by atoms with E-state index in [0.717, 1.165) is 12.1 Å². The minimum Gasteiger partial charge on any atom is -0.506 e. The molecule has 10 nitrogen and oxygen atoms in total. The maximum atomic E-state index is 14.4. The van der Waals surface area contributed by atoms with E-state index in [1.807, 2.05) is 0 Å². The first-order valence-electron chi connectivity index (χ1n) is 6.86. The second-order valence-corrected chi connectivity index (χ2v) is 6.82. The van der Waals surface area contributed by atoms with Crippen LogP contribution < -0.4 is 19.9 Å². The zero-order valence-electron chi connectivity index (χ0n) is 12.7. The molecule has 1 saturated heterocycles. The predicted octanol–water partition coefficient (Wildman–Crippen LogP) is -0.152. The molecule has 1 amide bonds. The highest BCUT2D eigenvalue weighted by Gasteiger charge is 2.37. The van der Waals surface area contributed by atoms with E-state index in [1.54, 1.807) is 11.6 Å². The standard InChI is InChI=1S/C13H12FN5O5S/c1-6-2-10(21)17-13(15-6)16-7-3-8(14)12(9(20)4-7)19-5-11(22)18-25(19,23)24/h2-4,20H,5H2,1H3,(H,18,22)(H2,15,16,17,21). The number of aromatic amines is 1. The Bertz CT molecular complexity index is 1010. The summed E-state index contributed by atoms with van der Waals surface area (Å²) in [6, 6.07) is 3.20. The van der Waals surface area contributed by atoms with Crippen LogP contribution in [-0.2, 0) is 15.0 Å². The van der Waals surface area contributed by atoms with Gasteiger partial charge in [-0.1, -0.05) is 0 Å². The second kappa shape index (κ2) is 5.73. The summed E-state index contributed by atoms with van der Waals surface area (Å²) < 4.78 is 40.0. The molecule has 0 radical (unpaired) electrons. The minimum atomic E-state index is -4.26. The van der Waals surface area contributed by atoms with E-state index in [9.17, 15) is 27.5 Å². The van der Waals surface area contributed by atoms with Gasteiger partial charge < -0.3 is 10.4 Å². The molecule has 0 spiro atoms. The van der Waals surface area contributed by atoms with Crippen molar-refractivity contribution in [2.24, 2.45) is 0 Å². The monoisotopic (exact) mass is 369 g/mol. The summed E-state index contributed by atoms with van der Waals surface area (Å²) >= 11 is 0. The van der Waals surface area contributed by atoms with Gasteiger partial charge in [0.05, 0.1) is 0 Å². The van der Waals surface area contributed by atoms with E-state index < -0.39 is 45.5 Å². The number of H-pyrrole nitrogens is 1. The third-order valence-corrected chi connectivity index (χ3v) is 4.62. The molecule has 3 rings (SSSR count). The molecule has 0 bridgehead atoms. The van der Waals surface area contributed by atoms with Crippen LogP contribution in [0, 0.1) is 12.7 Å².